The zero-order chi connectivity index (χ0) is 26.8. The Morgan fingerprint density at radius 3 is 2.05 bits per heavy atom. The van der Waals surface area contributed by atoms with Crippen LogP contribution in [0, 0.1) is 5.41 Å². The first kappa shape index (κ1) is 29.0. The number of alkyl halides is 3. The van der Waals surface area contributed by atoms with E-state index in [2.05, 4.69) is 10.0 Å². The van der Waals surface area contributed by atoms with Gasteiger partial charge in [0.2, 0.25) is 12.2 Å². The molecule has 5 atom stereocenters. The molecular formula is C24H25Cl3N4O6. The minimum atomic E-state index is -2.20. The molecule has 10 nitrogen and oxygen atoms in total. The van der Waals surface area contributed by atoms with Gasteiger partial charge in [-0.05, 0) is 16.7 Å². The van der Waals surface area contributed by atoms with Crippen molar-refractivity contribution >= 4 is 46.7 Å². The summed E-state index contributed by atoms with van der Waals surface area (Å²) in [5, 5.41) is 11.8. The van der Waals surface area contributed by atoms with E-state index in [1.54, 1.807) is 0 Å². The molecule has 1 saturated heterocycles. The standard InChI is InChI=1S/C24H25Cl3N4O6/c1-15(32)33-14-18-20(34-12-16-8-4-2-5-9-16)21(35-13-17-10-6-3-7-11-17)19(30-31-29)22(36-18)37-23(28)24(25,26)27/h2-11,18-22,28H,12-14H2,1H3. The number of carbonyl (C=O) groups excluding carboxylic acids is 1. The van der Waals surface area contributed by atoms with E-state index in [1.807, 2.05) is 60.7 Å². The molecule has 2 aromatic carbocycles. The third-order valence-corrected chi connectivity index (χ3v) is 5.83. The Balaban J connectivity index is 1.95. The molecule has 0 aromatic heterocycles. The molecule has 1 aliphatic heterocycles. The van der Waals surface area contributed by atoms with Crippen LogP contribution >= 0.6 is 34.8 Å². The second kappa shape index (κ2) is 13.8. The van der Waals surface area contributed by atoms with Crippen molar-refractivity contribution in [2.45, 2.75) is 54.6 Å². The monoisotopic (exact) mass is 570 g/mol. The number of hydrogen-bond acceptors (Lipinski definition) is 8. The maximum absolute atomic E-state index is 11.6. The van der Waals surface area contributed by atoms with Crippen molar-refractivity contribution in [2.24, 2.45) is 5.11 Å². The molecule has 3 rings (SSSR count). The molecule has 0 radical (unpaired) electrons. The highest BCUT2D eigenvalue weighted by Crippen LogP contribution is 2.34. The van der Waals surface area contributed by atoms with Crippen molar-refractivity contribution in [3.05, 3.63) is 82.2 Å². The molecule has 13 heteroatoms. The van der Waals surface area contributed by atoms with Crippen molar-refractivity contribution < 1.29 is 28.5 Å². The summed E-state index contributed by atoms with van der Waals surface area (Å²) in [7, 11) is 0. The van der Waals surface area contributed by atoms with Crippen LogP contribution in [0.5, 0.6) is 0 Å². The summed E-state index contributed by atoms with van der Waals surface area (Å²) in [4.78, 5) is 14.5. The molecule has 0 bridgehead atoms. The lowest BCUT2D eigenvalue weighted by Gasteiger charge is -2.44. The minimum absolute atomic E-state index is 0.128. The topological polar surface area (TPSA) is 136 Å². The summed E-state index contributed by atoms with van der Waals surface area (Å²) < 4.78 is 26.9. The fourth-order valence-corrected chi connectivity index (χ4v) is 3.75. The molecule has 5 unspecified atom stereocenters. The van der Waals surface area contributed by atoms with E-state index in [4.69, 9.17) is 63.9 Å². The second-order valence-electron chi connectivity index (χ2n) is 8.01. The van der Waals surface area contributed by atoms with Crippen molar-refractivity contribution in [1.82, 2.24) is 0 Å². The normalized spacial score (nSPS) is 23.5. The van der Waals surface area contributed by atoms with E-state index in [1.165, 1.54) is 6.92 Å². The smallest absolute Gasteiger partial charge is 0.302 e. The summed E-state index contributed by atoms with van der Waals surface area (Å²) >= 11 is 17.4. The summed E-state index contributed by atoms with van der Waals surface area (Å²) in [5.74, 6) is -1.30. The van der Waals surface area contributed by atoms with Gasteiger partial charge in [-0.3, -0.25) is 10.2 Å². The average Bonchev–Trinajstić information content (AvgIpc) is 2.87. The Morgan fingerprint density at radius 2 is 1.57 bits per heavy atom. The van der Waals surface area contributed by atoms with Crippen molar-refractivity contribution in [2.75, 3.05) is 6.61 Å². The third kappa shape index (κ3) is 8.76. The van der Waals surface area contributed by atoms with Gasteiger partial charge in [-0.15, -0.1) is 0 Å². The van der Waals surface area contributed by atoms with E-state index >= 15 is 0 Å². The summed E-state index contributed by atoms with van der Waals surface area (Å²) in [6, 6.07) is 17.5. The van der Waals surface area contributed by atoms with Gasteiger partial charge in [-0.2, -0.15) is 0 Å². The van der Waals surface area contributed by atoms with Gasteiger partial charge in [-0.25, -0.2) is 0 Å². The molecule has 1 fully saturated rings. The lowest BCUT2D eigenvalue weighted by molar-refractivity contribution is -0.267. The maximum atomic E-state index is 11.6. The van der Waals surface area contributed by atoms with E-state index < -0.39 is 46.3 Å². The number of nitrogens with one attached hydrogen (secondary N) is 1. The number of carbonyl (C=O) groups is 1. The average molecular weight is 572 g/mol. The van der Waals surface area contributed by atoms with Crippen LogP contribution in [0.3, 0.4) is 0 Å². The van der Waals surface area contributed by atoms with E-state index in [0.29, 0.717) is 0 Å². The van der Waals surface area contributed by atoms with Crippen molar-refractivity contribution in [1.29, 1.82) is 5.41 Å². The maximum Gasteiger partial charge on any atom is 0.302 e. The number of esters is 1. The highest BCUT2D eigenvalue weighted by molar-refractivity contribution is 6.76. The first-order valence-electron chi connectivity index (χ1n) is 11.2. The van der Waals surface area contributed by atoms with Crippen LogP contribution in [0.25, 0.3) is 10.4 Å². The quantitative estimate of drug-likeness (QED) is 0.0762. The molecule has 37 heavy (non-hydrogen) atoms. The van der Waals surface area contributed by atoms with Gasteiger partial charge in [0.15, 0.2) is 0 Å². The number of ether oxygens (including phenoxy) is 5. The number of halogens is 3. The van der Waals surface area contributed by atoms with E-state index in [0.717, 1.165) is 11.1 Å². The SMILES string of the molecule is CC(=O)OCC1OC(OC(=N)C(Cl)(Cl)Cl)C(N=[N+]=[N-])C(OCc2ccccc2)C1OCc1ccccc1. The lowest BCUT2D eigenvalue weighted by atomic mass is 9.96. The Bertz CT molecular complexity index is 1080. The zero-order valence-electron chi connectivity index (χ0n) is 19.7. The molecule has 1 N–H and O–H groups in total. The first-order valence-corrected chi connectivity index (χ1v) is 12.3. The van der Waals surface area contributed by atoms with E-state index in [9.17, 15) is 10.3 Å². The Hall–Kier alpha value is -2.56. The third-order valence-electron chi connectivity index (χ3n) is 5.31. The van der Waals surface area contributed by atoms with Crippen LogP contribution in [0.1, 0.15) is 18.1 Å². The minimum Gasteiger partial charge on any atom is -0.463 e. The molecule has 0 spiro atoms. The molecule has 0 aliphatic carbocycles. The van der Waals surface area contributed by atoms with Crippen LogP contribution in [-0.4, -0.2) is 52.9 Å². The Morgan fingerprint density at radius 1 is 1.03 bits per heavy atom. The van der Waals surface area contributed by atoms with Gasteiger partial charge >= 0.3 is 5.97 Å². The summed E-state index contributed by atoms with van der Waals surface area (Å²) in [6.45, 7) is 1.31. The van der Waals surface area contributed by atoms with Gasteiger partial charge in [0.25, 0.3) is 3.79 Å². The molecule has 0 amide bonds. The largest absolute Gasteiger partial charge is 0.463 e. The number of rotatable bonds is 10. The highest BCUT2D eigenvalue weighted by atomic mass is 35.6. The molecular weight excluding hydrogens is 547 g/mol. The number of benzene rings is 2. The van der Waals surface area contributed by atoms with Gasteiger partial charge in [-0.1, -0.05) is 101 Å². The second-order valence-corrected chi connectivity index (χ2v) is 10.3. The Kier molecular flexibility index (Phi) is 10.8. The van der Waals surface area contributed by atoms with Crippen LogP contribution in [0.15, 0.2) is 65.8 Å². The van der Waals surface area contributed by atoms with Gasteiger partial charge in [0.05, 0.1) is 13.2 Å². The van der Waals surface area contributed by atoms with Gasteiger partial charge < -0.3 is 23.7 Å². The van der Waals surface area contributed by atoms with Crippen LogP contribution < -0.4 is 0 Å². The number of azide groups is 1. The molecule has 0 saturated carbocycles. The van der Waals surface area contributed by atoms with Gasteiger partial charge in [0, 0.05) is 11.8 Å². The lowest BCUT2D eigenvalue weighted by Crippen LogP contribution is -2.61. The fraction of sp³-hybridized carbons (Fsp3) is 0.417. The van der Waals surface area contributed by atoms with Crippen LogP contribution in [-0.2, 0) is 41.7 Å². The molecule has 198 valence electrons. The number of hydrogen-bond donors (Lipinski definition) is 1. The van der Waals surface area contributed by atoms with Gasteiger partial charge in [0.1, 0.15) is 31.0 Å². The highest BCUT2D eigenvalue weighted by Gasteiger charge is 2.50. The van der Waals surface area contributed by atoms with Crippen LogP contribution in [0.2, 0.25) is 0 Å². The zero-order valence-corrected chi connectivity index (χ0v) is 22.0. The molecule has 1 aliphatic rings. The molecule has 1 heterocycles. The molecule has 2 aromatic rings. The Labute approximate surface area is 228 Å². The van der Waals surface area contributed by atoms with Crippen molar-refractivity contribution in [3.63, 3.8) is 0 Å². The summed E-state index contributed by atoms with van der Waals surface area (Å²) in [6.07, 6.45) is -4.17. The fourth-order valence-electron chi connectivity index (χ4n) is 3.61. The number of nitrogens with zero attached hydrogens (tertiary/aromatic N) is 3. The van der Waals surface area contributed by atoms with Crippen LogP contribution in [0.4, 0.5) is 0 Å². The van der Waals surface area contributed by atoms with E-state index in [-0.39, 0.29) is 19.8 Å². The predicted octanol–water partition coefficient (Wildman–Crippen LogP) is 5.49. The first-order chi connectivity index (χ1) is 17.7. The summed E-state index contributed by atoms with van der Waals surface area (Å²) in [5.41, 5.74) is 11.0. The predicted molar refractivity (Wildman–Crippen MR) is 137 cm³/mol. The van der Waals surface area contributed by atoms with Crippen molar-refractivity contribution in [3.8, 4) is 0 Å².